The Hall–Kier alpha value is -1.24. The molecule has 0 spiro atoms. The first kappa shape index (κ1) is 15.6. The number of nitrogens with one attached hydrogen (secondary N) is 2. The Morgan fingerprint density at radius 1 is 1.23 bits per heavy atom. The van der Waals surface area contributed by atoms with Crippen molar-refractivity contribution in [3.8, 4) is 0 Å². The third-order valence-electron chi connectivity index (χ3n) is 3.59. The van der Waals surface area contributed by atoms with Crippen molar-refractivity contribution in [3.63, 3.8) is 0 Å². The summed E-state index contributed by atoms with van der Waals surface area (Å²) in [7, 11) is 0. The second-order valence-electron chi connectivity index (χ2n) is 5.15. The molecule has 116 valence electrons. The predicted molar refractivity (Wildman–Crippen MR) is 91.0 cm³/mol. The molecule has 0 atom stereocenters. The molecule has 3 rings (SSSR count). The highest BCUT2D eigenvalue weighted by Gasteiger charge is 2.26. The van der Waals surface area contributed by atoms with Gasteiger partial charge in [0.15, 0.2) is 5.17 Å². The highest BCUT2D eigenvalue weighted by atomic mass is 35.5. The average Bonchev–Trinajstić information content (AvgIpc) is 2.78. The number of amides is 2. The molecule has 2 amide bonds. The van der Waals surface area contributed by atoms with Crippen LogP contribution < -0.4 is 10.6 Å². The molecule has 1 fully saturated rings. The largest absolute Gasteiger partial charge is 0.333 e. The summed E-state index contributed by atoms with van der Waals surface area (Å²) >= 11 is 13.6. The molecule has 1 aromatic rings. The zero-order chi connectivity index (χ0) is 15.7. The van der Waals surface area contributed by atoms with Gasteiger partial charge in [0.25, 0.3) is 5.91 Å². The van der Waals surface area contributed by atoms with Crippen molar-refractivity contribution in [2.24, 2.45) is 10.9 Å². The molecule has 1 aliphatic carbocycles. The fraction of sp³-hybridized carbons (Fsp3) is 0.357. The van der Waals surface area contributed by atoms with Crippen molar-refractivity contribution < 1.29 is 9.59 Å². The standard InChI is InChI=1S/C14H13Cl2N3O2S/c15-8-4-9(16)11(18-14-19-12(20)6-22-14)5-10(8)17-13(21)7-2-1-3-7/h4-5,7H,1-3,6H2,(H,17,21)(H,18,19,20). The van der Waals surface area contributed by atoms with Gasteiger partial charge in [0.2, 0.25) is 5.91 Å². The fourth-order valence-electron chi connectivity index (χ4n) is 2.13. The molecule has 0 unspecified atom stereocenters. The number of benzene rings is 1. The van der Waals surface area contributed by atoms with Crippen molar-refractivity contribution >= 4 is 63.3 Å². The topological polar surface area (TPSA) is 70.6 Å². The Bertz CT molecular complexity index is 674. The Kier molecular flexibility index (Phi) is 4.61. The molecule has 0 saturated heterocycles. The van der Waals surface area contributed by atoms with Crippen LogP contribution in [0.4, 0.5) is 11.4 Å². The number of aliphatic imine (C=N–C) groups is 1. The van der Waals surface area contributed by atoms with Gasteiger partial charge < -0.3 is 10.6 Å². The van der Waals surface area contributed by atoms with E-state index < -0.39 is 0 Å². The number of carbonyl (C=O) groups excluding carboxylic acids is 2. The average molecular weight is 358 g/mol. The normalized spacial score (nSPS) is 17.9. The van der Waals surface area contributed by atoms with Gasteiger partial charge in [0.1, 0.15) is 0 Å². The van der Waals surface area contributed by atoms with Crippen LogP contribution in [0, 0.1) is 5.92 Å². The molecule has 2 N–H and O–H groups in total. The highest BCUT2D eigenvalue weighted by molar-refractivity contribution is 8.15. The van der Waals surface area contributed by atoms with Gasteiger partial charge in [-0.15, -0.1) is 0 Å². The number of hydrogen-bond acceptors (Lipinski definition) is 4. The van der Waals surface area contributed by atoms with E-state index in [0.29, 0.717) is 32.3 Å². The second-order valence-corrected chi connectivity index (χ2v) is 6.93. The van der Waals surface area contributed by atoms with Gasteiger partial charge in [-0.25, -0.2) is 0 Å². The Labute approximate surface area is 141 Å². The maximum Gasteiger partial charge on any atom is 0.258 e. The summed E-state index contributed by atoms with van der Waals surface area (Å²) in [5.41, 5.74) is 1.05. The monoisotopic (exact) mass is 357 g/mol. The molecule has 1 aliphatic heterocycles. The minimum atomic E-state index is -0.184. The quantitative estimate of drug-likeness (QED) is 0.863. The first-order chi connectivity index (χ1) is 10.5. The number of anilines is 2. The van der Waals surface area contributed by atoms with Gasteiger partial charge in [-0.2, -0.15) is 4.99 Å². The zero-order valence-corrected chi connectivity index (χ0v) is 13.8. The summed E-state index contributed by atoms with van der Waals surface area (Å²) in [5, 5.41) is 7.08. The Morgan fingerprint density at radius 2 is 1.95 bits per heavy atom. The van der Waals surface area contributed by atoms with Gasteiger partial charge in [-0.1, -0.05) is 41.4 Å². The lowest BCUT2D eigenvalue weighted by Gasteiger charge is -2.24. The van der Waals surface area contributed by atoms with E-state index in [1.807, 2.05) is 0 Å². The molecule has 8 heteroatoms. The molecule has 1 heterocycles. The summed E-state index contributed by atoms with van der Waals surface area (Å²) in [6.07, 6.45) is 2.92. The van der Waals surface area contributed by atoms with E-state index in [0.717, 1.165) is 19.3 Å². The van der Waals surface area contributed by atoms with Crippen molar-refractivity contribution in [2.75, 3.05) is 16.4 Å². The summed E-state index contributed by atoms with van der Waals surface area (Å²) in [4.78, 5) is 27.0. The van der Waals surface area contributed by atoms with Crippen LogP contribution in [0.3, 0.4) is 0 Å². The molecular formula is C14H13Cl2N3O2S. The van der Waals surface area contributed by atoms with Crippen LogP contribution >= 0.6 is 35.0 Å². The number of thioether (sulfide) groups is 1. The van der Waals surface area contributed by atoms with Gasteiger partial charge in [-0.05, 0) is 25.0 Å². The van der Waals surface area contributed by atoms with Crippen LogP contribution in [0.15, 0.2) is 17.1 Å². The Balaban J connectivity index is 1.78. The highest BCUT2D eigenvalue weighted by Crippen LogP contribution is 2.35. The lowest BCUT2D eigenvalue weighted by atomic mass is 9.85. The first-order valence-corrected chi connectivity index (χ1v) is 8.58. The SMILES string of the molecule is O=C1CSC(Nc2cc(NC(=O)C3CCC3)c(Cl)cc2Cl)=N1. The number of rotatable bonds is 3. The maximum atomic E-state index is 12.0. The van der Waals surface area contributed by atoms with E-state index >= 15 is 0 Å². The van der Waals surface area contributed by atoms with Crippen LogP contribution in [0.5, 0.6) is 0 Å². The number of amidine groups is 1. The summed E-state index contributed by atoms with van der Waals surface area (Å²) in [6, 6.07) is 3.22. The van der Waals surface area contributed by atoms with Crippen LogP contribution in [-0.2, 0) is 9.59 Å². The van der Waals surface area contributed by atoms with E-state index in [1.54, 1.807) is 12.1 Å². The maximum absolute atomic E-state index is 12.0. The fourth-order valence-corrected chi connectivity index (χ4v) is 3.28. The van der Waals surface area contributed by atoms with Crippen LogP contribution in [-0.4, -0.2) is 22.7 Å². The van der Waals surface area contributed by atoms with Crippen LogP contribution in [0.25, 0.3) is 0 Å². The molecule has 22 heavy (non-hydrogen) atoms. The minimum absolute atomic E-state index is 0.0239. The van der Waals surface area contributed by atoms with Crippen molar-refractivity contribution in [2.45, 2.75) is 19.3 Å². The molecule has 0 aromatic heterocycles. The summed E-state index contributed by atoms with van der Waals surface area (Å²) in [5.74, 6) is 0.176. The predicted octanol–water partition coefficient (Wildman–Crippen LogP) is 3.77. The Morgan fingerprint density at radius 3 is 2.55 bits per heavy atom. The zero-order valence-electron chi connectivity index (χ0n) is 11.5. The number of carbonyl (C=O) groups is 2. The van der Waals surface area contributed by atoms with E-state index in [2.05, 4.69) is 15.6 Å². The first-order valence-electron chi connectivity index (χ1n) is 6.84. The van der Waals surface area contributed by atoms with E-state index in [1.165, 1.54) is 11.8 Å². The second kappa shape index (κ2) is 6.48. The smallest absolute Gasteiger partial charge is 0.258 e. The summed E-state index contributed by atoms with van der Waals surface area (Å²) < 4.78 is 0. The number of halogens is 2. The minimum Gasteiger partial charge on any atom is -0.333 e. The van der Waals surface area contributed by atoms with Gasteiger partial charge >= 0.3 is 0 Å². The molecule has 1 aromatic carbocycles. The molecule has 0 bridgehead atoms. The molecule has 0 radical (unpaired) electrons. The third-order valence-corrected chi connectivity index (χ3v) is 5.07. The molecule has 5 nitrogen and oxygen atoms in total. The van der Waals surface area contributed by atoms with Crippen LogP contribution in [0.1, 0.15) is 19.3 Å². The lowest BCUT2D eigenvalue weighted by Crippen LogP contribution is -2.28. The number of nitrogens with zero attached hydrogens (tertiary/aromatic N) is 1. The van der Waals surface area contributed by atoms with E-state index in [4.69, 9.17) is 23.2 Å². The lowest BCUT2D eigenvalue weighted by molar-refractivity contribution is -0.122. The summed E-state index contributed by atoms with van der Waals surface area (Å²) in [6.45, 7) is 0. The van der Waals surface area contributed by atoms with Gasteiger partial charge in [-0.3, -0.25) is 9.59 Å². The third kappa shape index (κ3) is 3.39. The van der Waals surface area contributed by atoms with Crippen molar-refractivity contribution in [3.05, 3.63) is 22.2 Å². The van der Waals surface area contributed by atoms with E-state index in [-0.39, 0.29) is 17.7 Å². The van der Waals surface area contributed by atoms with E-state index in [9.17, 15) is 9.59 Å². The van der Waals surface area contributed by atoms with Crippen molar-refractivity contribution in [1.29, 1.82) is 0 Å². The molecular weight excluding hydrogens is 345 g/mol. The van der Waals surface area contributed by atoms with Gasteiger partial charge in [0.05, 0.1) is 27.2 Å². The van der Waals surface area contributed by atoms with Crippen LogP contribution in [0.2, 0.25) is 10.0 Å². The number of hydrogen-bond donors (Lipinski definition) is 2. The molecule has 1 saturated carbocycles. The van der Waals surface area contributed by atoms with Crippen molar-refractivity contribution in [1.82, 2.24) is 0 Å². The molecule has 2 aliphatic rings. The van der Waals surface area contributed by atoms with Gasteiger partial charge in [0, 0.05) is 5.92 Å².